The van der Waals surface area contributed by atoms with Crippen molar-refractivity contribution in [2.45, 2.75) is 6.92 Å². The second-order valence-corrected chi connectivity index (χ2v) is 7.02. The Morgan fingerprint density at radius 1 is 1.21 bits per heavy atom. The molecule has 0 N–H and O–H groups in total. The molecule has 0 aliphatic carbocycles. The van der Waals surface area contributed by atoms with Crippen molar-refractivity contribution in [2.24, 2.45) is 0 Å². The van der Waals surface area contributed by atoms with Gasteiger partial charge in [0, 0.05) is 62.1 Å². The molecule has 0 bridgehead atoms. The minimum Gasteiger partial charge on any atom is -0.428 e. The maximum atomic E-state index is 11.0. The molecule has 144 valence electrons. The summed E-state index contributed by atoms with van der Waals surface area (Å²) in [5.41, 5.74) is 4.54. The van der Waals surface area contributed by atoms with Gasteiger partial charge in [-0.15, -0.1) is 0 Å². The van der Waals surface area contributed by atoms with Crippen LogP contribution in [0.15, 0.2) is 43.0 Å². The Labute approximate surface area is 163 Å². The molecule has 0 amide bonds. The lowest BCUT2D eigenvalue weighted by atomic mass is 10.1. The maximum Gasteiger partial charge on any atom is 0.298 e. The van der Waals surface area contributed by atoms with Gasteiger partial charge in [0.15, 0.2) is 5.65 Å². The van der Waals surface area contributed by atoms with Crippen LogP contribution in [0.1, 0.15) is 18.2 Å². The van der Waals surface area contributed by atoms with E-state index in [9.17, 15) is 4.79 Å². The fourth-order valence-corrected chi connectivity index (χ4v) is 3.40. The Morgan fingerprint density at radius 2 is 2.04 bits per heavy atom. The van der Waals surface area contributed by atoms with Gasteiger partial charge in [-0.2, -0.15) is 0 Å². The number of likely N-dealkylation sites (N-methyl/N-ethyl adjacent to an activating group) is 1. The van der Waals surface area contributed by atoms with E-state index in [1.807, 2.05) is 41.9 Å². The number of hydrogen-bond donors (Lipinski definition) is 0. The first-order valence-corrected chi connectivity index (χ1v) is 9.29. The van der Waals surface area contributed by atoms with E-state index < -0.39 is 0 Å². The number of benzene rings is 1. The van der Waals surface area contributed by atoms with Gasteiger partial charge >= 0.3 is 0 Å². The van der Waals surface area contributed by atoms with Crippen molar-refractivity contribution >= 4 is 29.5 Å². The molecule has 3 heterocycles. The fourth-order valence-electron chi connectivity index (χ4n) is 3.40. The summed E-state index contributed by atoms with van der Waals surface area (Å²) < 4.78 is 7.22. The highest BCUT2D eigenvalue weighted by Gasteiger charge is 2.16. The quantitative estimate of drug-likeness (QED) is 0.637. The van der Waals surface area contributed by atoms with Crippen molar-refractivity contribution in [3.8, 4) is 5.75 Å². The molecule has 1 saturated heterocycles. The van der Waals surface area contributed by atoms with E-state index in [0.717, 1.165) is 54.3 Å². The number of rotatable bonds is 5. The first-order chi connectivity index (χ1) is 13.6. The number of allylic oxidation sites excluding steroid dienone is 1. The van der Waals surface area contributed by atoms with Gasteiger partial charge in [-0.3, -0.25) is 9.78 Å². The average Bonchev–Trinajstić information content (AvgIpc) is 3.14. The highest BCUT2D eigenvalue weighted by atomic mass is 16.5. The summed E-state index contributed by atoms with van der Waals surface area (Å²) in [5, 5.41) is 0. The van der Waals surface area contributed by atoms with E-state index in [2.05, 4.69) is 32.9 Å². The van der Waals surface area contributed by atoms with E-state index >= 15 is 0 Å². The minimum absolute atomic E-state index is 0.479. The van der Waals surface area contributed by atoms with Gasteiger partial charge in [-0.25, -0.2) is 4.98 Å². The molecule has 2 aromatic heterocycles. The van der Waals surface area contributed by atoms with E-state index in [0.29, 0.717) is 12.2 Å². The first-order valence-electron chi connectivity index (χ1n) is 9.29. The van der Waals surface area contributed by atoms with Crippen LogP contribution in [0.5, 0.6) is 5.75 Å². The Kier molecular flexibility index (Phi) is 5.08. The molecule has 1 aliphatic heterocycles. The molecule has 7 heteroatoms. The summed E-state index contributed by atoms with van der Waals surface area (Å²) in [6.07, 6.45) is 9.27. The Morgan fingerprint density at radius 3 is 2.79 bits per heavy atom. The topological polar surface area (TPSA) is 63.0 Å². The monoisotopic (exact) mass is 377 g/mol. The van der Waals surface area contributed by atoms with Gasteiger partial charge in [-0.05, 0) is 37.8 Å². The van der Waals surface area contributed by atoms with Crippen molar-refractivity contribution in [1.29, 1.82) is 0 Å². The molecule has 0 radical (unpaired) electrons. The second-order valence-electron chi connectivity index (χ2n) is 7.02. The van der Waals surface area contributed by atoms with Crippen LogP contribution in [-0.2, 0) is 4.79 Å². The molecule has 1 aliphatic rings. The summed E-state index contributed by atoms with van der Waals surface area (Å²) >= 11 is 0. The van der Waals surface area contributed by atoms with Crippen molar-refractivity contribution in [2.75, 3.05) is 38.1 Å². The number of aromatic nitrogens is 3. The van der Waals surface area contributed by atoms with Crippen LogP contribution in [-0.4, -0.2) is 59.0 Å². The predicted molar refractivity (Wildman–Crippen MR) is 109 cm³/mol. The van der Waals surface area contributed by atoms with Crippen molar-refractivity contribution < 1.29 is 9.53 Å². The van der Waals surface area contributed by atoms with Gasteiger partial charge in [0.25, 0.3) is 6.47 Å². The van der Waals surface area contributed by atoms with Gasteiger partial charge in [-0.1, -0.05) is 0 Å². The number of nitrogens with zero attached hydrogens (tertiary/aromatic N) is 5. The molecule has 1 aromatic carbocycles. The van der Waals surface area contributed by atoms with E-state index in [1.54, 1.807) is 12.4 Å². The highest BCUT2D eigenvalue weighted by molar-refractivity contribution is 5.82. The maximum absolute atomic E-state index is 11.0. The van der Waals surface area contributed by atoms with E-state index in [4.69, 9.17) is 4.74 Å². The van der Waals surface area contributed by atoms with Crippen molar-refractivity contribution in [1.82, 2.24) is 19.3 Å². The third-order valence-electron chi connectivity index (χ3n) is 5.08. The molecule has 0 unspecified atom stereocenters. The molecule has 4 rings (SSSR count). The molecule has 0 spiro atoms. The average molecular weight is 377 g/mol. The SMILES string of the molecule is C/C(=C\c1ccc(N2CCN(C)CC2)cc1OC=O)c1cn2ccncc2n1. The van der Waals surface area contributed by atoms with Crippen LogP contribution in [0.4, 0.5) is 5.69 Å². The van der Waals surface area contributed by atoms with Gasteiger partial charge in [0.05, 0.1) is 11.9 Å². The minimum atomic E-state index is 0.479. The summed E-state index contributed by atoms with van der Waals surface area (Å²) in [6, 6.07) is 6.01. The lowest BCUT2D eigenvalue weighted by molar-refractivity contribution is -0.120. The van der Waals surface area contributed by atoms with Gasteiger partial charge in [0.2, 0.25) is 0 Å². The molecule has 28 heavy (non-hydrogen) atoms. The Hall–Kier alpha value is -3.19. The molecule has 3 aromatic rings. The number of carbonyl (C=O) groups excluding carboxylic acids is 1. The number of ether oxygens (including phenoxy) is 1. The van der Waals surface area contributed by atoms with Gasteiger partial charge < -0.3 is 18.9 Å². The highest BCUT2D eigenvalue weighted by Crippen LogP contribution is 2.29. The first kappa shape index (κ1) is 18.2. The lowest BCUT2D eigenvalue weighted by Gasteiger charge is -2.34. The number of anilines is 1. The zero-order valence-corrected chi connectivity index (χ0v) is 16.1. The predicted octanol–water partition coefficient (Wildman–Crippen LogP) is 2.58. The summed E-state index contributed by atoms with van der Waals surface area (Å²) in [5.74, 6) is 0.552. The van der Waals surface area contributed by atoms with Crippen LogP contribution >= 0.6 is 0 Å². The van der Waals surface area contributed by atoms with Crippen LogP contribution in [0.2, 0.25) is 0 Å². The third kappa shape index (κ3) is 3.75. The Balaban J connectivity index is 1.64. The molecule has 7 nitrogen and oxygen atoms in total. The van der Waals surface area contributed by atoms with Crippen molar-refractivity contribution in [3.05, 3.63) is 54.2 Å². The largest absolute Gasteiger partial charge is 0.428 e. The molecule has 1 fully saturated rings. The summed E-state index contributed by atoms with van der Waals surface area (Å²) in [6.45, 7) is 6.43. The smallest absolute Gasteiger partial charge is 0.298 e. The van der Waals surface area contributed by atoms with Gasteiger partial charge in [0.1, 0.15) is 5.75 Å². The number of imidazole rings is 1. The standard InChI is InChI=1S/C21H23N5O2/c1-16(19-14-26-6-5-22-13-21(26)23-19)11-17-3-4-18(12-20(17)28-15-27)25-9-7-24(2)8-10-25/h3-6,11-15H,7-10H2,1-2H3/b16-11+. The summed E-state index contributed by atoms with van der Waals surface area (Å²) in [4.78, 5) is 24.4. The third-order valence-corrected chi connectivity index (χ3v) is 5.08. The number of fused-ring (bicyclic) bond motifs is 1. The summed E-state index contributed by atoms with van der Waals surface area (Å²) in [7, 11) is 2.13. The zero-order chi connectivity index (χ0) is 19.5. The van der Waals surface area contributed by atoms with E-state index in [-0.39, 0.29) is 0 Å². The van der Waals surface area contributed by atoms with E-state index in [1.165, 1.54) is 0 Å². The zero-order valence-electron chi connectivity index (χ0n) is 16.1. The molecular weight excluding hydrogens is 354 g/mol. The normalized spacial score (nSPS) is 15.8. The van der Waals surface area contributed by atoms with Crippen LogP contribution < -0.4 is 9.64 Å². The van der Waals surface area contributed by atoms with Crippen LogP contribution in [0, 0.1) is 0 Å². The van der Waals surface area contributed by atoms with Crippen LogP contribution in [0.25, 0.3) is 17.3 Å². The molecular formula is C21H23N5O2. The Bertz CT molecular complexity index is 986. The fraction of sp³-hybridized carbons (Fsp3) is 0.286. The lowest BCUT2D eigenvalue weighted by Crippen LogP contribution is -2.44. The van der Waals surface area contributed by atoms with Crippen molar-refractivity contribution in [3.63, 3.8) is 0 Å². The second kappa shape index (κ2) is 7.82. The van der Waals surface area contributed by atoms with Crippen LogP contribution in [0.3, 0.4) is 0 Å². The molecule has 0 saturated carbocycles. The molecule has 0 atom stereocenters. The number of hydrogen-bond acceptors (Lipinski definition) is 6. The number of carbonyl (C=O) groups is 1. The number of piperazine rings is 1.